The lowest BCUT2D eigenvalue weighted by atomic mass is 9.77. The molecule has 2 aromatic rings. The average Bonchev–Trinajstić information content (AvgIpc) is 2.78. The van der Waals surface area contributed by atoms with Crippen LogP contribution in [0.25, 0.3) is 11.1 Å². The molecule has 154 valence electrons. The Balaban J connectivity index is 1.50. The van der Waals surface area contributed by atoms with Crippen LogP contribution in [0.3, 0.4) is 0 Å². The average molecular weight is 389 g/mol. The van der Waals surface area contributed by atoms with Crippen LogP contribution in [0.2, 0.25) is 0 Å². The second-order valence-electron chi connectivity index (χ2n) is 8.31. The molecule has 0 saturated heterocycles. The smallest absolute Gasteiger partial charge is 0.0717 e. The van der Waals surface area contributed by atoms with E-state index < -0.39 is 0 Å². The molecule has 1 aliphatic carbocycles. The molecule has 1 saturated carbocycles. The first-order chi connectivity index (χ1) is 14.3. The van der Waals surface area contributed by atoms with Crippen LogP contribution < -0.4 is 0 Å². The van der Waals surface area contributed by atoms with Crippen LogP contribution in [0.15, 0.2) is 73.3 Å². The van der Waals surface area contributed by atoms with E-state index >= 15 is 0 Å². The molecule has 0 amide bonds. The van der Waals surface area contributed by atoms with Crippen molar-refractivity contribution in [1.82, 2.24) is 0 Å². The quantitative estimate of drug-likeness (QED) is 0.295. The van der Waals surface area contributed by atoms with E-state index in [9.17, 15) is 0 Å². The highest BCUT2D eigenvalue weighted by Crippen LogP contribution is 2.38. The van der Waals surface area contributed by atoms with Crippen molar-refractivity contribution < 1.29 is 4.74 Å². The van der Waals surface area contributed by atoms with Gasteiger partial charge in [0.15, 0.2) is 0 Å². The molecule has 1 aliphatic rings. The van der Waals surface area contributed by atoms with E-state index in [4.69, 9.17) is 4.74 Å². The fraction of sp³-hybridized carbons (Fsp3) is 0.429. The lowest BCUT2D eigenvalue weighted by molar-refractivity contribution is 0.125. The minimum Gasteiger partial charge on any atom is -0.376 e. The number of hydrogen-bond acceptors (Lipinski definition) is 1. The van der Waals surface area contributed by atoms with E-state index in [0.717, 1.165) is 24.9 Å². The summed E-state index contributed by atoms with van der Waals surface area (Å²) in [6.45, 7) is 7.25. The molecular formula is C28H36O. The molecule has 1 nitrogen and oxygen atoms in total. The van der Waals surface area contributed by atoms with E-state index in [1.54, 1.807) is 0 Å². The van der Waals surface area contributed by atoms with E-state index in [-0.39, 0.29) is 0 Å². The number of hydrogen-bond donors (Lipinski definition) is 0. The molecule has 0 aliphatic heterocycles. The van der Waals surface area contributed by atoms with E-state index in [2.05, 4.69) is 74.2 Å². The van der Waals surface area contributed by atoms with Crippen molar-refractivity contribution in [3.8, 4) is 11.1 Å². The third kappa shape index (κ3) is 6.72. The Labute approximate surface area is 177 Å². The zero-order chi connectivity index (χ0) is 20.3. The first-order valence-corrected chi connectivity index (χ1v) is 11.3. The summed E-state index contributed by atoms with van der Waals surface area (Å²) >= 11 is 0. The molecule has 1 fully saturated rings. The van der Waals surface area contributed by atoms with Crippen molar-refractivity contribution in [2.45, 2.75) is 64.4 Å². The van der Waals surface area contributed by atoms with Gasteiger partial charge in [-0.1, -0.05) is 66.8 Å². The predicted molar refractivity (Wildman–Crippen MR) is 125 cm³/mol. The second-order valence-corrected chi connectivity index (χ2v) is 8.31. The van der Waals surface area contributed by atoms with Gasteiger partial charge in [-0.3, -0.25) is 0 Å². The SMILES string of the molecule is C=CCCOCc1ccc(-c2ccc([C@H]3CC[C@H](CC/C=C/C)CC3)cc2)cc1. The maximum absolute atomic E-state index is 5.65. The first-order valence-electron chi connectivity index (χ1n) is 11.3. The van der Waals surface area contributed by atoms with Gasteiger partial charge in [-0.25, -0.2) is 0 Å². The van der Waals surface area contributed by atoms with E-state index in [1.807, 2.05) is 6.08 Å². The van der Waals surface area contributed by atoms with Gasteiger partial charge in [-0.15, -0.1) is 6.58 Å². The molecule has 0 atom stereocenters. The Morgan fingerprint density at radius 1 is 0.897 bits per heavy atom. The van der Waals surface area contributed by atoms with Gasteiger partial charge < -0.3 is 4.74 Å². The van der Waals surface area contributed by atoms with Crippen molar-refractivity contribution in [3.05, 3.63) is 84.5 Å². The monoisotopic (exact) mass is 388 g/mol. The Morgan fingerprint density at radius 2 is 1.55 bits per heavy atom. The standard InChI is InChI=1S/C28H36O/c1-3-5-7-8-23-9-13-25(14-10-23)27-17-19-28(20-18-27)26-15-11-24(12-16-26)22-29-21-6-4-2/h3-5,11-12,15-20,23,25H,2,6-10,13-14,21-22H2,1H3/b5-3+/t23-,25-. The van der Waals surface area contributed by atoms with Crippen LogP contribution in [0.5, 0.6) is 0 Å². The van der Waals surface area contributed by atoms with Crippen LogP contribution in [0, 0.1) is 5.92 Å². The third-order valence-electron chi connectivity index (χ3n) is 6.23. The van der Waals surface area contributed by atoms with Crippen molar-refractivity contribution in [2.24, 2.45) is 5.92 Å². The van der Waals surface area contributed by atoms with Crippen LogP contribution in [-0.2, 0) is 11.3 Å². The molecule has 29 heavy (non-hydrogen) atoms. The molecule has 1 heteroatoms. The summed E-state index contributed by atoms with van der Waals surface area (Å²) in [6, 6.07) is 18.1. The molecule has 0 radical (unpaired) electrons. The highest BCUT2D eigenvalue weighted by Gasteiger charge is 2.21. The Hall–Kier alpha value is -2.12. The maximum Gasteiger partial charge on any atom is 0.0717 e. The lowest BCUT2D eigenvalue weighted by Crippen LogP contribution is -2.13. The molecule has 0 aromatic heterocycles. The van der Waals surface area contributed by atoms with Crippen molar-refractivity contribution in [1.29, 1.82) is 0 Å². The summed E-state index contributed by atoms with van der Waals surface area (Å²) in [5.74, 6) is 1.68. The molecule has 0 N–H and O–H groups in total. The molecular weight excluding hydrogens is 352 g/mol. The molecule has 2 aromatic carbocycles. The number of ether oxygens (including phenoxy) is 1. The maximum atomic E-state index is 5.65. The van der Waals surface area contributed by atoms with Gasteiger partial charge in [0, 0.05) is 0 Å². The number of allylic oxidation sites excluding steroid dienone is 2. The van der Waals surface area contributed by atoms with Gasteiger partial charge >= 0.3 is 0 Å². The lowest BCUT2D eigenvalue weighted by Gasteiger charge is -2.28. The van der Waals surface area contributed by atoms with Gasteiger partial charge in [0.2, 0.25) is 0 Å². The Bertz CT molecular complexity index is 746. The molecule has 0 heterocycles. The van der Waals surface area contributed by atoms with Crippen LogP contribution in [-0.4, -0.2) is 6.61 Å². The summed E-state index contributed by atoms with van der Waals surface area (Å²) in [4.78, 5) is 0. The topological polar surface area (TPSA) is 9.23 Å². The summed E-state index contributed by atoms with van der Waals surface area (Å²) in [5.41, 5.74) is 5.32. The normalized spacial score (nSPS) is 19.5. The molecule has 0 bridgehead atoms. The molecule has 0 spiro atoms. The predicted octanol–water partition coefficient (Wildman–Crippen LogP) is 8.08. The fourth-order valence-corrected chi connectivity index (χ4v) is 4.38. The number of benzene rings is 2. The van der Waals surface area contributed by atoms with Crippen molar-refractivity contribution in [2.75, 3.05) is 6.61 Å². The van der Waals surface area contributed by atoms with E-state index in [0.29, 0.717) is 6.61 Å². The zero-order valence-electron chi connectivity index (χ0n) is 18.0. The third-order valence-corrected chi connectivity index (χ3v) is 6.23. The molecule has 3 rings (SSSR count). The van der Waals surface area contributed by atoms with Crippen molar-refractivity contribution in [3.63, 3.8) is 0 Å². The minimum absolute atomic E-state index is 0.671. The number of rotatable bonds is 10. The largest absolute Gasteiger partial charge is 0.376 e. The summed E-state index contributed by atoms with van der Waals surface area (Å²) < 4.78 is 5.65. The summed E-state index contributed by atoms with van der Waals surface area (Å²) in [5, 5.41) is 0. The first kappa shape index (κ1) is 21.6. The van der Waals surface area contributed by atoms with Crippen molar-refractivity contribution >= 4 is 0 Å². The van der Waals surface area contributed by atoms with Gasteiger partial charge in [-0.2, -0.15) is 0 Å². The molecule has 0 unspecified atom stereocenters. The van der Waals surface area contributed by atoms with Crippen LogP contribution >= 0.6 is 0 Å². The zero-order valence-corrected chi connectivity index (χ0v) is 18.0. The highest BCUT2D eigenvalue weighted by molar-refractivity contribution is 5.64. The Kier molecular flexibility index (Phi) is 8.77. The van der Waals surface area contributed by atoms with Crippen LogP contribution in [0.4, 0.5) is 0 Å². The second kappa shape index (κ2) is 11.8. The highest BCUT2D eigenvalue weighted by atomic mass is 16.5. The van der Waals surface area contributed by atoms with E-state index in [1.165, 1.54) is 60.8 Å². The van der Waals surface area contributed by atoms with Crippen LogP contribution in [0.1, 0.15) is 68.9 Å². The Morgan fingerprint density at radius 3 is 2.17 bits per heavy atom. The van der Waals surface area contributed by atoms with Gasteiger partial charge in [0.05, 0.1) is 13.2 Å². The van der Waals surface area contributed by atoms with Gasteiger partial charge in [0.1, 0.15) is 0 Å². The minimum atomic E-state index is 0.671. The summed E-state index contributed by atoms with van der Waals surface area (Å²) in [7, 11) is 0. The fourth-order valence-electron chi connectivity index (χ4n) is 4.38. The van der Waals surface area contributed by atoms with Gasteiger partial charge in [0.25, 0.3) is 0 Å². The summed E-state index contributed by atoms with van der Waals surface area (Å²) in [6.07, 6.45) is 15.4. The van der Waals surface area contributed by atoms with Gasteiger partial charge in [-0.05, 0) is 86.0 Å².